The molecule has 2 aromatic rings. The minimum absolute atomic E-state index is 0.0317. The molecule has 1 amide bonds. The first-order chi connectivity index (χ1) is 14.7. The average molecular weight is 449 g/mol. The number of amides is 1. The number of esters is 1. The van der Waals surface area contributed by atoms with Crippen molar-refractivity contribution in [1.82, 2.24) is 14.6 Å². The SMILES string of the molecule is CCOC(=O)c1c(C)[nH]c(C)c1S(=O)(=O)NCC(=O)N1CCN(c2ccccc2)CC1. The number of nitrogens with one attached hydrogen (secondary N) is 2. The van der Waals surface area contributed by atoms with Gasteiger partial charge in [-0.2, -0.15) is 0 Å². The number of aromatic amines is 1. The summed E-state index contributed by atoms with van der Waals surface area (Å²) < 4.78 is 33.1. The number of anilines is 1. The average Bonchev–Trinajstić information content (AvgIpc) is 3.07. The van der Waals surface area contributed by atoms with Crippen LogP contribution in [0.5, 0.6) is 0 Å². The van der Waals surface area contributed by atoms with Crippen LogP contribution in [0.15, 0.2) is 35.2 Å². The Balaban J connectivity index is 1.64. The van der Waals surface area contributed by atoms with E-state index in [1.54, 1.807) is 25.7 Å². The van der Waals surface area contributed by atoms with Gasteiger partial charge in [0.15, 0.2) is 0 Å². The predicted octanol–water partition coefficient (Wildman–Crippen LogP) is 1.44. The van der Waals surface area contributed by atoms with E-state index in [1.165, 1.54) is 0 Å². The number of para-hydroxylation sites is 1. The fraction of sp³-hybridized carbons (Fsp3) is 0.429. The monoisotopic (exact) mass is 448 g/mol. The van der Waals surface area contributed by atoms with Crippen LogP contribution in [0.25, 0.3) is 0 Å². The molecule has 0 atom stereocenters. The molecular formula is C21H28N4O5S. The Morgan fingerprint density at radius 1 is 1.06 bits per heavy atom. The molecule has 1 saturated heterocycles. The highest BCUT2D eigenvalue weighted by molar-refractivity contribution is 7.89. The number of H-pyrrole nitrogens is 1. The van der Waals surface area contributed by atoms with Crippen molar-refractivity contribution in [3.8, 4) is 0 Å². The van der Waals surface area contributed by atoms with Gasteiger partial charge in [0.25, 0.3) is 0 Å². The lowest BCUT2D eigenvalue weighted by atomic mass is 10.2. The smallest absolute Gasteiger partial charge is 0.341 e. The Morgan fingerprint density at radius 2 is 1.71 bits per heavy atom. The molecule has 1 fully saturated rings. The number of hydrogen-bond acceptors (Lipinski definition) is 6. The first kappa shape index (κ1) is 22.8. The number of carbonyl (C=O) groups excluding carboxylic acids is 2. The van der Waals surface area contributed by atoms with Crippen LogP contribution in [0.1, 0.15) is 28.7 Å². The summed E-state index contributed by atoms with van der Waals surface area (Å²) in [5.74, 6) is -1.02. The molecule has 0 saturated carbocycles. The van der Waals surface area contributed by atoms with Gasteiger partial charge in [0.1, 0.15) is 10.5 Å². The Bertz CT molecular complexity index is 1040. The van der Waals surface area contributed by atoms with Gasteiger partial charge in [0.05, 0.1) is 13.2 Å². The first-order valence-electron chi connectivity index (χ1n) is 10.2. The number of hydrogen-bond donors (Lipinski definition) is 2. The Morgan fingerprint density at radius 3 is 2.32 bits per heavy atom. The summed E-state index contributed by atoms with van der Waals surface area (Å²) in [5, 5.41) is 0. The number of piperazine rings is 1. The van der Waals surface area contributed by atoms with Crippen molar-refractivity contribution >= 4 is 27.6 Å². The lowest BCUT2D eigenvalue weighted by Gasteiger charge is -2.36. The van der Waals surface area contributed by atoms with Crippen LogP contribution in [0.4, 0.5) is 5.69 Å². The molecule has 168 valence electrons. The molecule has 10 heteroatoms. The van der Waals surface area contributed by atoms with E-state index in [2.05, 4.69) is 14.6 Å². The van der Waals surface area contributed by atoms with E-state index in [9.17, 15) is 18.0 Å². The summed E-state index contributed by atoms with van der Waals surface area (Å²) in [5.41, 5.74) is 1.78. The van der Waals surface area contributed by atoms with Crippen LogP contribution in [-0.2, 0) is 19.6 Å². The van der Waals surface area contributed by atoms with Gasteiger partial charge in [-0.1, -0.05) is 18.2 Å². The second-order valence-corrected chi connectivity index (χ2v) is 9.03. The molecule has 0 unspecified atom stereocenters. The van der Waals surface area contributed by atoms with Crippen molar-refractivity contribution in [2.24, 2.45) is 0 Å². The van der Waals surface area contributed by atoms with Crippen LogP contribution in [0, 0.1) is 13.8 Å². The molecule has 3 rings (SSSR count). The van der Waals surface area contributed by atoms with Gasteiger partial charge in [-0.15, -0.1) is 0 Å². The third-order valence-electron chi connectivity index (χ3n) is 5.23. The third kappa shape index (κ3) is 5.08. The summed E-state index contributed by atoms with van der Waals surface area (Å²) in [7, 11) is -4.09. The van der Waals surface area contributed by atoms with Gasteiger partial charge in [0, 0.05) is 43.3 Å². The fourth-order valence-electron chi connectivity index (χ4n) is 3.74. The number of benzene rings is 1. The summed E-state index contributed by atoms with van der Waals surface area (Å²) >= 11 is 0. The van der Waals surface area contributed by atoms with E-state index in [4.69, 9.17) is 4.74 Å². The van der Waals surface area contributed by atoms with Gasteiger partial charge >= 0.3 is 5.97 Å². The zero-order valence-electron chi connectivity index (χ0n) is 18.0. The second kappa shape index (κ2) is 9.52. The summed E-state index contributed by atoms with van der Waals surface area (Å²) in [4.78, 5) is 31.4. The number of carbonyl (C=O) groups is 2. The zero-order chi connectivity index (χ0) is 22.6. The van der Waals surface area contributed by atoms with Crippen LogP contribution in [-0.4, -0.2) is 69.5 Å². The van der Waals surface area contributed by atoms with E-state index >= 15 is 0 Å². The van der Waals surface area contributed by atoms with Crippen LogP contribution >= 0.6 is 0 Å². The Kier molecular flexibility index (Phi) is 7.01. The topological polar surface area (TPSA) is 112 Å². The molecule has 1 aromatic carbocycles. The molecule has 9 nitrogen and oxygen atoms in total. The molecule has 1 aliphatic heterocycles. The highest BCUT2D eigenvalue weighted by Crippen LogP contribution is 2.24. The van der Waals surface area contributed by atoms with Gasteiger partial charge in [-0.25, -0.2) is 17.9 Å². The number of nitrogens with zero attached hydrogens (tertiary/aromatic N) is 2. The maximum atomic E-state index is 12.9. The van der Waals surface area contributed by atoms with Crippen molar-refractivity contribution in [2.45, 2.75) is 25.7 Å². The van der Waals surface area contributed by atoms with E-state index in [0.29, 0.717) is 37.6 Å². The molecule has 0 radical (unpaired) electrons. The normalized spacial score (nSPS) is 14.5. The van der Waals surface area contributed by atoms with E-state index < -0.39 is 16.0 Å². The van der Waals surface area contributed by atoms with Gasteiger partial charge in [-0.3, -0.25) is 4.79 Å². The number of ether oxygens (including phenoxy) is 1. The zero-order valence-corrected chi connectivity index (χ0v) is 18.8. The molecule has 0 bridgehead atoms. The van der Waals surface area contributed by atoms with Gasteiger partial charge < -0.3 is 19.5 Å². The third-order valence-corrected chi connectivity index (χ3v) is 6.81. The van der Waals surface area contributed by atoms with Crippen molar-refractivity contribution < 1.29 is 22.7 Å². The van der Waals surface area contributed by atoms with E-state index in [0.717, 1.165) is 5.69 Å². The Hall–Kier alpha value is -2.85. The molecule has 31 heavy (non-hydrogen) atoms. The van der Waals surface area contributed by atoms with Crippen LogP contribution < -0.4 is 9.62 Å². The molecule has 0 aliphatic carbocycles. The van der Waals surface area contributed by atoms with E-state index in [1.807, 2.05) is 30.3 Å². The van der Waals surface area contributed by atoms with Gasteiger partial charge in [0.2, 0.25) is 15.9 Å². The molecule has 0 spiro atoms. The Labute approximate surface area is 182 Å². The minimum Gasteiger partial charge on any atom is -0.462 e. The molecule has 1 aliphatic rings. The summed E-state index contributed by atoms with van der Waals surface area (Å²) in [6.07, 6.45) is 0. The van der Waals surface area contributed by atoms with Crippen LogP contribution in [0.3, 0.4) is 0 Å². The quantitative estimate of drug-likeness (QED) is 0.620. The predicted molar refractivity (Wildman–Crippen MR) is 117 cm³/mol. The highest BCUT2D eigenvalue weighted by Gasteiger charge is 2.31. The molecular weight excluding hydrogens is 420 g/mol. The first-order valence-corrected chi connectivity index (χ1v) is 11.7. The molecule has 1 aromatic heterocycles. The number of aromatic nitrogens is 1. The summed E-state index contributed by atoms with van der Waals surface area (Å²) in [6, 6.07) is 9.94. The van der Waals surface area contributed by atoms with E-state index in [-0.39, 0.29) is 29.5 Å². The van der Waals surface area contributed by atoms with Crippen molar-refractivity contribution in [3.63, 3.8) is 0 Å². The number of rotatable bonds is 7. The lowest BCUT2D eigenvalue weighted by molar-refractivity contribution is -0.130. The van der Waals surface area contributed by atoms with Crippen molar-refractivity contribution in [3.05, 3.63) is 47.3 Å². The summed E-state index contributed by atoms with van der Waals surface area (Å²) in [6.45, 7) is 6.93. The van der Waals surface area contributed by atoms with Crippen molar-refractivity contribution in [1.29, 1.82) is 0 Å². The van der Waals surface area contributed by atoms with Gasteiger partial charge in [-0.05, 0) is 32.9 Å². The second-order valence-electron chi connectivity index (χ2n) is 7.33. The maximum absolute atomic E-state index is 12.9. The largest absolute Gasteiger partial charge is 0.462 e. The highest BCUT2D eigenvalue weighted by atomic mass is 32.2. The maximum Gasteiger partial charge on any atom is 0.341 e. The van der Waals surface area contributed by atoms with Crippen molar-refractivity contribution in [2.75, 3.05) is 44.2 Å². The van der Waals surface area contributed by atoms with Crippen LogP contribution in [0.2, 0.25) is 0 Å². The lowest BCUT2D eigenvalue weighted by Crippen LogP contribution is -2.51. The fourth-order valence-corrected chi connectivity index (χ4v) is 5.15. The standard InChI is InChI=1S/C21H28N4O5S/c1-4-30-21(27)19-15(2)23-16(3)20(19)31(28,29)22-14-18(26)25-12-10-24(11-13-25)17-8-6-5-7-9-17/h5-9,22-23H,4,10-14H2,1-3H3. The molecule has 2 heterocycles. The molecule has 2 N–H and O–H groups in total. The number of aryl methyl sites for hydroxylation is 2. The minimum atomic E-state index is -4.09. The number of sulfonamides is 1.